The van der Waals surface area contributed by atoms with Crippen molar-refractivity contribution in [1.29, 1.82) is 0 Å². The second-order valence-corrected chi connectivity index (χ2v) is 6.68. The lowest BCUT2D eigenvalue weighted by molar-refractivity contribution is 0.0258. The molecule has 0 fully saturated rings. The van der Waals surface area contributed by atoms with Gasteiger partial charge in [-0.05, 0) is 43.9 Å². The van der Waals surface area contributed by atoms with E-state index in [0.717, 1.165) is 37.6 Å². The van der Waals surface area contributed by atoms with Crippen molar-refractivity contribution in [3.05, 3.63) is 17.7 Å². The Hall–Kier alpha value is -1.42. The average Bonchev–Trinajstić information content (AvgIpc) is 2.70. The van der Waals surface area contributed by atoms with Crippen molar-refractivity contribution in [3.8, 4) is 17.2 Å². The molecule has 2 N–H and O–H groups in total. The summed E-state index contributed by atoms with van der Waals surface area (Å²) in [6.45, 7) is 11.3. The maximum absolute atomic E-state index is 5.81. The number of hydrogen-bond acceptors (Lipinski definition) is 5. The molecule has 7 nitrogen and oxygen atoms in total. The van der Waals surface area contributed by atoms with Gasteiger partial charge >= 0.3 is 0 Å². The molecule has 8 heteroatoms. The van der Waals surface area contributed by atoms with Crippen LogP contribution in [0.1, 0.15) is 39.7 Å². The van der Waals surface area contributed by atoms with Gasteiger partial charge in [0.05, 0.1) is 34.0 Å². The maximum Gasteiger partial charge on any atom is 0.203 e. The number of aliphatic imine (C=N–C) groups is 1. The summed E-state index contributed by atoms with van der Waals surface area (Å²) in [6, 6.07) is 3.83. The molecule has 0 saturated carbocycles. The fourth-order valence-electron chi connectivity index (χ4n) is 2.89. The third-order valence-corrected chi connectivity index (χ3v) is 4.33. The SMILES string of the molecule is CCNC(=NCc1cc(OC)c(OC)c(OC)c1)NCCC(OCC)C(C)C.I. The van der Waals surface area contributed by atoms with Crippen LogP contribution < -0.4 is 24.8 Å². The summed E-state index contributed by atoms with van der Waals surface area (Å²) in [5.41, 5.74) is 0.973. The fourth-order valence-corrected chi connectivity index (χ4v) is 2.89. The minimum Gasteiger partial charge on any atom is -0.493 e. The number of nitrogens with one attached hydrogen (secondary N) is 2. The summed E-state index contributed by atoms with van der Waals surface area (Å²) < 4.78 is 22.0. The average molecular weight is 523 g/mol. The first-order valence-corrected chi connectivity index (χ1v) is 9.93. The van der Waals surface area contributed by atoms with Gasteiger partial charge in [0, 0.05) is 19.7 Å². The summed E-state index contributed by atoms with van der Waals surface area (Å²) >= 11 is 0. The van der Waals surface area contributed by atoms with E-state index < -0.39 is 0 Å². The topological polar surface area (TPSA) is 73.3 Å². The zero-order chi connectivity index (χ0) is 20.9. The van der Waals surface area contributed by atoms with E-state index in [2.05, 4.69) is 29.5 Å². The van der Waals surface area contributed by atoms with Gasteiger partial charge in [0.2, 0.25) is 5.75 Å². The molecular formula is C21H38IN3O4. The predicted octanol–water partition coefficient (Wildman–Crippen LogP) is 3.84. The normalized spacial score (nSPS) is 12.2. The second kappa shape index (κ2) is 15.4. The van der Waals surface area contributed by atoms with Gasteiger partial charge in [-0.1, -0.05) is 13.8 Å². The largest absolute Gasteiger partial charge is 0.493 e. The molecule has 29 heavy (non-hydrogen) atoms. The summed E-state index contributed by atoms with van der Waals surface area (Å²) in [4.78, 5) is 4.68. The number of ether oxygens (including phenoxy) is 4. The minimum absolute atomic E-state index is 0. The van der Waals surface area contributed by atoms with Gasteiger partial charge in [0.1, 0.15) is 0 Å². The van der Waals surface area contributed by atoms with E-state index in [1.165, 1.54) is 0 Å². The monoisotopic (exact) mass is 523 g/mol. The first-order valence-electron chi connectivity index (χ1n) is 9.93. The number of halogens is 1. The lowest BCUT2D eigenvalue weighted by Crippen LogP contribution is -2.39. The van der Waals surface area contributed by atoms with Crippen molar-refractivity contribution in [2.45, 2.75) is 46.8 Å². The van der Waals surface area contributed by atoms with Gasteiger partial charge in [0.25, 0.3) is 0 Å². The molecule has 0 bridgehead atoms. The van der Waals surface area contributed by atoms with Crippen LogP contribution in [0.3, 0.4) is 0 Å². The van der Waals surface area contributed by atoms with Gasteiger partial charge in [-0.3, -0.25) is 0 Å². The summed E-state index contributed by atoms with van der Waals surface area (Å²) in [6.07, 6.45) is 1.18. The van der Waals surface area contributed by atoms with Gasteiger partial charge in [-0.15, -0.1) is 24.0 Å². The van der Waals surface area contributed by atoms with E-state index in [0.29, 0.717) is 29.7 Å². The first kappa shape index (κ1) is 27.6. The minimum atomic E-state index is 0. The lowest BCUT2D eigenvalue weighted by Gasteiger charge is -2.21. The molecule has 0 saturated heterocycles. The smallest absolute Gasteiger partial charge is 0.203 e. The highest BCUT2D eigenvalue weighted by atomic mass is 127. The Kier molecular flexibility index (Phi) is 14.7. The van der Waals surface area contributed by atoms with Crippen LogP contribution in [-0.4, -0.2) is 53.1 Å². The number of methoxy groups -OCH3 is 3. The van der Waals surface area contributed by atoms with Crippen molar-refractivity contribution >= 4 is 29.9 Å². The molecule has 0 aliphatic rings. The number of nitrogens with zero attached hydrogens (tertiary/aromatic N) is 1. The van der Waals surface area contributed by atoms with E-state index >= 15 is 0 Å². The van der Waals surface area contributed by atoms with Crippen LogP contribution in [0.5, 0.6) is 17.2 Å². The van der Waals surface area contributed by atoms with Crippen LogP contribution >= 0.6 is 24.0 Å². The molecule has 0 aromatic heterocycles. The van der Waals surface area contributed by atoms with Crippen LogP contribution in [0.2, 0.25) is 0 Å². The zero-order valence-electron chi connectivity index (χ0n) is 18.8. The van der Waals surface area contributed by atoms with Crippen molar-refractivity contribution in [2.75, 3.05) is 41.0 Å². The molecule has 0 spiro atoms. The summed E-state index contributed by atoms with van der Waals surface area (Å²) in [7, 11) is 4.82. The van der Waals surface area contributed by atoms with Crippen LogP contribution in [0.15, 0.2) is 17.1 Å². The molecule has 0 amide bonds. The molecule has 168 valence electrons. The van der Waals surface area contributed by atoms with Crippen LogP contribution in [-0.2, 0) is 11.3 Å². The molecule has 0 heterocycles. The van der Waals surface area contributed by atoms with E-state index in [1.807, 2.05) is 26.0 Å². The number of rotatable bonds is 12. The Morgan fingerprint density at radius 3 is 2.07 bits per heavy atom. The van der Waals surface area contributed by atoms with E-state index in [1.54, 1.807) is 21.3 Å². The number of hydrogen-bond donors (Lipinski definition) is 2. The Balaban J connectivity index is 0.00000784. The van der Waals surface area contributed by atoms with Crippen molar-refractivity contribution in [2.24, 2.45) is 10.9 Å². The van der Waals surface area contributed by atoms with E-state index in [4.69, 9.17) is 18.9 Å². The van der Waals surface area contributed by atoms with Gasteiger partial charge < -0.3 is 29.6 Å². The Bertz CT molecular complexity index is 587. The van der Waals surface area contributed by atoms with Crippen LogP contribution in [0.25, 0.3) is 0 Å². The number of guanidine groups is 1. The fraction of sp³-hybridized carbons (Fsp3) is 0.667. The standard InChI is InChI=1S/C21H37N3O4.HI/c1-8-22-21(23-11-10-17(15(3)4)28-9-2)24-14-16-12-18(25-5)20(27-7)19(13-16)26-6;/h12-13,15,17H,8-11,14H2,1-7H3,(H2,22,23,24);1H. The van der Waals surface area contributed by atoms with Gasteiger partial charge in [0.15, 0.2) is 17.5 Å². The molecule has 0 aliphatic carbocycles. The van der Waals surface area contributed by atoms with Crippen molar-refractivity contribution in [1.82, 2.24) is 10.6 Å². The van der Waals surface area contributed by atoms with Crippen LogP contribution in [0, 0.1) is 5.92 Å². The predicted molar refractivity (Wildman–Crippen MR) is 129 cm³/mol. The molecule has 1 aromatic rings. The third kappa shape index (κ3) is 9.29. The molecular weight excluding hydrogens is 485 g/mol. The molecule has 1 atom stereocenters. The molecule has 1 rings (SSSR count). The van der Waals surface area contributed by atoms with E-state index in [-0.39, 0.29) is 30.1 Å². The molecule has 1 aromatic carbocycles. The van der Waals surface area contributed by atoms with E-state index in [9.17, 15) is 0 Å². The lowest BCUT2D eigenvalue weighted by atomic mass is 10.0. The highest BCUT2D eigenvalue weighted by Gasteiger charge is 2.14. The molecule has 0 radical (unpaired) electrons. The van der Waals surface area contributed by atoms with Crippen LogP contribution in [0.4, 0.5) is 0 Å². The van der Waals surface area contributed by atoms with Crippen molar-refractivity contribution < 1.29 is 18.9 Å². The summed E-state index contributed by atoms with van der Waals surface area (Å²) in [5.74, 6) is 3.09. The second-order valence-electron chi connectivity index (χ2n) is 6.68. The third-order valence-electron chi connectivity index (χ3n) is 4.33. The highest BCUT2D eigenvalue weighted by molar-refractivity contribution is 14.0. The zero-order valence-corrected chi connectivity index (χ0v) is 21.2. The van der Waals surface area contributed by atoms with Crippen molar-refractivity contribution in [3.63, 3.8) is 0 Å². The number of benzene rings is 1. The highest BCUT2D eigenvalue weighted by Crippen LogP contribution is 2.38. The Morgan fingerprint density at radius 1 is 1.00 bits per heavy atom. The summed E-state index contributed by atoms with van der Waals surface area (Å²) in [5, 5.41) is 6.66. The first-order chi connectivity index (χ1) is 13.5. The van der Waals surface area contributed by atoms with Gasteiger partial charge in [-0.25, -0.2) is 4.99 Å². The quantitative estimate of drug-likeness (QED) is 0.247. The molecule has 1 unspecified atom stereocenters. The van der Waals surface area contributed by atoms with Gasteiger partial charge in [-0.2, -0.15) is 0 Å². The Morgan fingerprint density at radius 2 is 1.62 bits per heavy atom. The Labute approximate surface area is 192 Å². The maximum atomic E-state index is 5.81. The molecule has 0 aliphatic heterocycles.